The minimum atomic E-state index is -0.986. The molecule has 8 N–H and O–H groups in total. The summed E-state index contributed by atoms with van der Waals surface area (Å²) in [7, 11) is 1.58. The van der Waals surface area contributed by atoms with Crippen molar-refractivity contribution >= 4 is 35.4 Å². The minimum Gasteiger partial charge on any atom is -0.460 e. The zero-order chi connectivity index (χ0) is 31.2. The predicted molar refractivity (Wildman–Crippen MR) is 154 cm³/mol. The van der Waals surface area contributed by atoms with Crippen molar-refractivity contribution < 1.29 is 33.8 Å². The highest BCUT2D eigenvalue weighted by Gasteiger charge is 2.31. The zero-order valence-electron chi connectivity index (χ0n) is 24.8. The largest absolute Gasteiger partial charge is 0.460 e. The quantitative estimate of drug-likeness (QED) is 0.111. The van der Waals surface area contributed by atoms with Crippen LogP contribution in [0.1, 0.15) is 65.9 Å². The molecule has 0 unspecified atom stereocenters. The molecule has 0 radical (unpaired) electrons. The number of aliphatic hydroxyl groups is 1. The van der Waals surface area contributed by atoms with Gasteiger partial charge in [-0.05, 0) is 70.7 Å². The van der Waals surface area contributed by atoms with Gasteiger partial charge in [0, 0.05) is 18.7 Å². The Morgan fingerprint density at radius 1 is 0.927 bits per heavy atom. The Morgan fingerprint density at radius 3 is 2.07 bits per heavy atom. The van der Waals surface area contributed by atoms with Crippen molar-refractivity contribution in [1.29, 1.82) is 0 Å². The highest BCUT2D eigenvalue weighted by atomic mass is 16.6. The molecule has 0 spiro atoms. The topological polar surface area (TPSA) is 201 Å². The number of nitrogens with two attached hydrogens (primary N) is 1. The number of primary amides is 1. The van der Waals surface area contributed by atoms with Crippen LogP contribution in [0.15, 0.2) is 24.3 Å². The number of aliphatic hydroxyl groups excluding tert-OH is 1. The molecule has 13 nitrogen and oxygen atoms in total. The summed E-state index contributed by atoms with van der Waals surface area (Å²) in [5, 5.41) is 22.7. The van der Waals surface area contributed by atoms with E-state index in [1.165, 1.54) is 0 Å². The summed E-state index contributed by atoms with van der Waals surface area (Å²) >= 11 is 0. The summed E-state index contributed by atoms with van der Waals surface area (Å²) < 4.78 is 5.30. The minimum absolute atomic E-state index is 0.00953. The van der Waals surface area contributed by atoms with Gasteiger partial charge in [-0.15, -0.1) is 0 Å². The molecule has 230 valence electrons. The second-order valence-corrected chi connectivity index (χ2v) is 11.0. The van der Waals surface area contributed by atoms with Crippen LogP contribution in [-0.4, -0.2) is 72.1 Å². The number of esters is 1. The van der Waals surface area contributed by atoms with Gasteiger partial charge in [0.05, 0.1) is 12.6 Å². The fraction of sp³-hybridized carbons (Fsp3) is 0.607. The molecule has 0 aromatic heterocycles. The van der Waals surface area contributed by atoms with Crippen LogP contribution in [-0.2, 0) is 30.5 Å². The third kappa shape index (κ3) is 14.0. The molecule has 1 rings (SSSR count). The Hall–Kier alpha value is -3.71. The van der Waals surface area contributed by atoms with Crippen molar-refractivity contribution in [2.24, 2.45) is 11.7 Å². The molecule has 5 amide bonds. The molecule has 0 aliphatic rings. The summed E-state index contributed by atoms with van der Waals surface area (Å²) in [6.07, 6.45) is 0.697. The number of carbonyl (C=O) groups excluding carboxylic acids is 5. The molecular formula is C28H46N6O7. The predicted octanol–water partition coefficient (Wildman–Crippen LogP) is 0.901. The molecule has 13 heteroatoms. The number of urea groups is 1. The van der Waals surface area contributed by atoms with E-state index in [0.717, 1.165) is 0 Å². The molecule has 0 aliphatic carbocycles. The lowest BCUT2D eigenvalue weighted by Gasteiger charge is -2.27. The van der Waals surface area contributed by atoms with E-state index in [1.54, 1.807) is 65.9 Å². The molecule has 3 atom stereocenters. The zero-order valence-corrected chi connectivity index (χ0v) is 24.8. The van der Waals surface area contributed by atoms with E-state index >= 15 is 0 Å². The Balaban J connectivity index is 2.94. The van der Waals surface area contributed by atoms with Gasteiger partial charge in [-0.2, -0.15) is 0 Å². The van der Waals surface area contributed by atoms with Crippen LogP contribution in [0, 0.1) is 5.92 Å². The Morgan fingerprint density at radius 2 is 1.56 bits per heavy atom. The van der Waals surface area contributed by atoms with Gasteiger partial charge in [0.1, 0.15) is 17.7 Å². The van der Waals surface area contributed by atoms with E-state index in [9.17, 15) is 29.1 Å². The van der Waals surface area contributed by atoms with E-state index < -0.39 is 53.4 Å². The van der Waals surface area contributed by atoms with Gasteiger partial charge in [-0.3, -0.25) is 19.2 Å². The lowest BCUT2D eigenvalue weighted by atomic mass is 10.0. The molecule has 0 bridgehead atoms. The first-order valence-corrected chi connectivity index (χ1v) is 13.7. The smallest absolute Gasteiger partial charge is 0.312 e. The Labute approximate surface area is 241 Å². The van der Waals surface area contributed by atoms with E-state index in [4.69, 9.17) is 10.5 Å². The number of likely N-dealkylation sites (N-methyl/N-ethyl adjacent to an activating group) is 1. The number of hydrogen-bond donors (Lipinski definition) is 7. The Bertz CT molecular complexity index is 1020. The van der Waals surface area contributed by atoms with Crippen LogP contribution < -0.4 is 32.3 Å². The summed E-state index contributed by atoms with van der Waals surface area (Å²) in [5.41, 5.74) is 5.61. The number of anilines is 1. The maximum Gasteiger partial charge on any atom is 0.312 e. The van der Waals surface area contributed by atoms with Crippen molar-refractivity contribution in [2.45, 2.75) is 90.6 Å². The SMILES string of the molecule is CN[C@@H](CCC(=O)OC(C)(C)C)C(=O)N[C@H](C(=O)N[C@@H](CCCNC(N)=O)C(=O)Nc1ccc(CO)cc1)C(C)C. The van der Waals surface area contributed by atoms with Crippen molar-refractivity contribution in [3.8, 4) is 0 Å². The molecule has 0 aliphatic heterocycles. The normalized spacial score (nSPS) is 13.5. The van der Waals surface area contributed by atoms with Crippen LogP contribution >= 0.6 is 0 Å². The van der Waals surface area contributed by atoms with Crippen molar-refractivity contribution in [1.82, 2.24) is 21.3 Å². The maximum atomic E-state index is 13.3. The van der Waals surface area contributed by atoms with Gasteiger partial charge in [-0.25, -0.2) is 4.79 Å². The van der Waals surface area contributed by atoms with Gasteiger partial charge in [0.25, 0.3) is 0 Å². The van der Waals surface area contributed by atoms with Gasteiger partial charge < -0.3 is 42.2 Å². The van der Waals surface area contributed by atoms with Crippen LogP contribution in [0.5, 0.6) is 0 Å². The molecule has 0 saturated heterocycles. The molecule has 1 aromatic carbocycles. The first-order valence-electron chi connectivity index (χ1n) is 13.7. The monoisotopic (exact) mass is 578 g/mol. The second-order valence-electron chi connectivity index (χ2n) is 11.0. The first kappa shape index (κ1) is 35.3. The fourth-order valence-electron chi connectivity index (χ4n) is 3.82. The van der Waals surface area contributed by atoms with E-state index in [0.29, 0.717) is 17.7 Å². The summed E-state index contributed by atoms with van der Waals surface area (Å²) in [6, 6.07) is 3.16. The highest BCUT2D eigenvalue weighted by molar-refractivity contribution is 5.98. The van der Waals surface area contributed by atoms with Gasteiger partial charge in [0.15, 0.2) is 0 Å². The molecular weight excluding hydrogens is 532 g/mol. The average Bonchev–Trinajstić information content (AvgIpc) is 2.88. The number of hydrogen-bond acceptors (Lipinski definition) is 8. The van der Waals surface area contributed by atoms with E-state index in [-0.39, 0.29) is 38.3 Å². The van der Waals surface area contributed by atoms with Gasteiger partial charge >= 0.3 is 12.0 Å². The number of benzene rings is 1. The van der Waals surface area contributed by atoms with Crippen LogP contribution in [0.4, 0.5) is 10.5 Å². The average molecular weight is 579 g/mol. The third-order valence-corrected chi connectivity index (χ3v) is 5.97. The van der Waals surface area contributed by atoms with Crippen LogP contribution in [0.3, 0.4) is 0 Å². The first-order chi connectivity index (χ1) is 19.2. The second kappa shape index (κ2) is 17.2. The summed E-state index contributed by atoms with van der Waals surface area (Å²) in [5.74, 6) is -2.29. The lowest BCUT2D eigenvalue weighted by molar-refractivity contribution is -0.155. The van der Waals surface area contributed by atoms with Crippen LogP contribution in [0.2, 0.25) is 0 Å². The number of nitrogens with one attached hydrogen (secondary N) is 5. The fourth-order valence-corrected chi connectivity index (χ4v) is 3.82. The van der Waals surface area contributed by atoms with Crippen molar-refractivity contribution in [2.75, 3.05) is 18.9 Å². The van der Waals surface area contributed by atoms with Crippen molar-refractivity contribution in [3.05, 3.63) is 29.8 Å². The maximum absolute atomic E-state index is 13.3. The van der Waals surface area contributed by atoms with E-state index in [2.05, 4.69) is 26.6 Å². The van der Waals surface area contributed by atoms with E-state index in [1.807, 2.05) is 0 Å². The number of carbonyl (C=O) groups is 5. The standard InChI is InChI=1S/C28H46N6O7/c1-17(2)23(34-24(37)20(30-6)13-14-22(36)41-28(3,4)5)26(39)33-21(8-7-15-31-27(29)40)25(38)32-19-11-9-18(16-35)10-12-19/h9-12,17,20-21,23,30,35H,7-8,13-16H2,1-6H3,(H,32,38)(H,33,39)(H,34,37)(H3,29,31,40)/t20-,21-,23-/m0/s1. The third-order valence-electron chi connectivity index (χ3n) is 5.97. The molecule has 1 aromatic rings. The molecule has 41 heavy (non-hydrogen) atoms. The molecule has 0 heterocycles. The highest BCUT2D eigenvalue weighted by Crippen LogP contribution is 2.13. The number of ether oxygens (including phenoxy) is 1. The molecule has 0 saturated carbocycles. The van der Waals surface area contributed by atoms with Crippen LogP contribution in [0.25, 0.3) is 0 Å². The van der Waals surface area contributed by atoms with Gasteiger partial charge in [0.2, 0.25) is 17.7 Å². The van der Waals surface area contributed by atoms with Gasteiger partial charge in [-0.1, -0.05) is 26.0 Å². The molecule has 0 fully saturated rings. The lowest BCUT2D eigenvalue weighted by Crippen LogP contribution is -2.57. The van der Waals surface area contributed by atoms with Crippen molar-refractivity contribution in [3.63, 3.8) is 0 Å². The number of rotatable bonds is 16. The number of amides is 5. The summed E-state index contributed by atoms with van der Waals surface area (Å²) in [6.45, 7) is 8.85. The summed E-state index contributed by atoms with van der Waals surface area (Å²) in [4.78, 5) is 62.6. The Kier molecular flexibility index (Phi) is 14.8.